The number of amides is 1. The molecule has 6 heteroatoms. The minimum atomic E-state index is -3.50. The second kappa shape index (κ2) is 8.71. The summed E-state index contributed by atoms with van der Waals surface area (Å²) in [6.45, 7) is 0. The lowest BCUT2D eigenvalue weighted by atomic mass is 9.94. The van der Waals surface area contributed by atoms with Crippen LogP contribution in [0.3, 0.4) is 0 Å². The highest BCUT2D eigenvalue weighted by molar-refractivity contribution is 7.92. The van der Waals surface area contributed by atoms with Gasteiger partial charge in [0.1, 0.15) is 17.3 Å². The molecule has 0 atom stereocenters. The number of ether oxygens (including phenoxy) is 1. The Bertz CT molecular complexity index is 1100. The van der Waals surface area contributed by atoms with Crippen molar-refractivity contribution in [1.82, 2.24) is 5.32 Å². The summed E-state index contributed by atoms with van der Waals surface area (Å²) in [4.78, 5) is 12.6. The second-order valence-electron chi connectivity index (χ2n) is 7.36. The number of nitrogens with one attached hydrogen (secondary N) is 1. The van der Waals surface area contributed by atoms with Gasteiger partial charge in [0, 0.05) is 11.1 Å². The topological polar surface area (TPSA) is 72.5 Å². The zero-order chi connectivity index (χ0) is 21.0. The van der Waals surface area contributed by atoms with Crippen molar-refractivity contribution < 1.29 is 17.9 Å². The predicted molar refractivity (Wildman–Crippen MR) is 116 cm³/mol. The molecule has 5 nitrogen and oxygen atoms in total. The Kier molecular flexibility index (Phi) is 5.86. The summed E-state index contributed by atoms with van der Waals surface area (Å²) in [5.41, 5.74) is 2.71. The van der Waals surface area contributed by atoms with Crippen LogP contribution in [-0.2, 0) is 21.1 Å². The fourth-order valence-corrected chi connectivity index (χ4v) is 4.89. The van der Waals surface area contributed by atoms with Crippen LogP contribution in [0.25, 0.3) is 0 Å². The maximum Gasteiger partial charge on any atom is 0.235 e. The SMILES string of the molecule is O=C(CS(=O)(=O)CCCc1ccccc1)NC1c2ccccc2Oc2ccccc21. The number of hydrogen-bond acceptors (Lipinski definition) is 4. The molecule has 0 aliphatic carbocycles. The molecule has 3 aromatic carbocycles. The van der Waals surface area contributed by atoms with Crippen LogP contribution in [0, 0.1) is 0 Å². The first-order valence-electron chi connectivity index (χ1n) is 9.91. The van der Waals surface area contributed by atoms with Gasteiger partial charge in [0.25, 0.3) is 0 Å². The molecule has 30 heavy (non-hydrogen) atoms. The molecule has 1 amide bonds. The van der Waals surface area contributed by atoms with E-state index in [9.17, 15) is 13.2 Å². The molecule has 3 aromatic rings. The van der Waals surface area contributed by atoms with Crippen LogP contribution in [-0.4, -0.2) is 25.8 Å². The molecule has 1 aliphatic rings. The van der Waals surface area contributed by atoms with Crippen LogP contribution in [0.2, 0.25) is 0 Å². The maximum atomic E-state index is 12.6. The van der Waals surface area contributed by atoms with Crippen molar-refractivity contribution in [3.05, 3.63) is 95.6 Å². The van der Waals surface area contributed by atoms with Crippen LogP contribution in [0.4, 0.5) is 0 Å². The zero-order valence-electron chi connectivity index (χ0n) is 16.5. The van der Waals surface area contributed by atoms with E-state index in [-0.39, 0.29) is 5.75 Å². The normalized spacial score (nSPS) is 13.1. The number of para-hydroxylation sites is 2. The molecule has 0 spiro atoms. The van der Waals surface area contributed by atoms with Crippen LogP contribution in [0.1, 0.15) is 29.2 Å². The molecule has 0 unspecified atom stereocenters. The average Bonchev–Trinajstić information content (AvgIpc) is 2.74. The van der Waals surface area contributed by atoms with Crippen LogP contribution in [0.5, 0.6) is 11.5 Å². The summed E-state index contributed by atoms with van der Waals surface area (Å²) in [5, 5.41) is 2.90. The summed E-state index contributed by atoms with van der Waals surface area (Å²) in [7, 11) is -3.50. The molecule has 154 valence electrons. The molecular formula is C24H23NO4S. The molecular weight excluding hydrogens is 398 g/mol. The Labute approximate surface area is 176 Å². The first-order valence-corrected chi connectivity index (χ1v) is 11.7. The molecule has 0 fully saturated rings. The van der Waals surface area contributed by atoms with Crippen molar-refractivity contribution in [1.29, 1.82) is 0 Å². The van der Waals surface area contributed by atoms with Crippen molar-refractivity contribution in [2.45, 2.75) is 18.9 Å². The van der Waals surface area contributed by atoms with Gasteiger partial charge >= 0.3 is 0 Å². The molecule has 0 aromatic heterocycles. The molecule has 0 saturated carbocycles. The minimum Gasteiger partial charge on any atom is -0.457 e. The smallest absolute Gasteiger partial charge is 0.235 e. The van der Waals surface area contributed by atoms with Gasteiger partial charge < -0.3 is 10.1 Å². The summed E-state index contributed by atoms with van der Waals surface area (Å²) in [6, 6.07) is 24.2. The van der Waals surface area contributed by atoms with Gasteiger partial charge in [-0.2, -0.15) is 0 Å². The van der Waals surface area contributed by atoms with E-state index in [1.54, 1.807) is 0 Å². The Morgan fingerprint density at radius 1 is 0.833 bits per heavy atom. The van der Waals surface area contributed by atoms with Crippen molar-refractivity contribution in [2.75, 3.05) is 11.5 Å². The number of rotatable bonds is 7. The summed E-state index contributed by atoms with van der Waals surface area (Å²) in [6.07, 6.45) is 1.16. The van der Waals surface area contributed by atoms with Crippen molar-refractivity contribution in [2.24, 2.45) is 0 Å². The number of carbonyl (C=O) groups excluding carboxylic acids is 1. The second-order valence-corrected chi connectivity index (χ2v) is 9.54. The van der Waals surface area contributed by atoms with Gasteiger partial charge in [-0.1, -0.05) is 66.7 Å². The highest BCUT2D eigenvalue weighted by atomic mass is 32.2. The van der Waals surface area contributed by atoms with E-state index in [0.717, 1.165) is 16.7 Å². The molecule has 1 N–H and O–H groups in total. The lowest BCUT2D eigenvalue weighted by Gasteiger charge is -2.28. The zero-order valence-corrected chi connectivity index (χ0v) is 17.3. The fraction of sp³-hybridized carbons (Fsp3) is 0.208. The van der Waals surface area contributed by atoms with Crippen LogP contribution < -0.4 is 10.1 Å². The average molecular weight is 422 g/mol. The van der Waals surface area contributed by atoms with Gasteiger partial charge in [-0.05, 0) is 30.5 Å². The third-order valence-electron chi connectivity index (χ3n) is 5.10. The van der Waals surface area contributed by atoms with E-state index in [1.807, 2.05) is 78.9 Å². The number of benzene rings is 3. The highest BCUT2D eigenvalue weighted by Crippen LogP contribution is 2.42. The number of aryl methyl sites for hydroxylation is 1. The van der Waals surface area contributed by atoms with E-state index in [4.69, 9.17) is 4.74 Å². The lowest BCUT2D eigenvalue weighted by Crippen LogP contribution is -2.36. The summed E-state index contributed by atoms with van der Waals surface area (Å²) < 4.78 is 30.9. The van der Waals surface area contributed by atoms with Gasteiger partial charge in [0.2, 0.25) is 5.91 Å². The first kappa shape index (κ1) is 20.2. The van der Waals surface area contributed by atoms with Gasteiger partial charge in [-0.3, -0.25) is 4.79 Å². The molecule has 0 bridgehead atoms. The summed E-state index contributed by atoms with van der Waals surface area (Å²) in [5.74, 6) is 0.269. The largest absolute Gasteiger partial charge is 0.457 e. The van der Waals surface area contributed by atoms with Crippen molar-refractivity contribution in [3.8, 4) is 11.5 Å². The van der Waals surface area contributed by atoms with Crippen LogP contribution in [0.15, 0.2) is 78.9 Å². The molecule has 1 heterocycles. The summed E-state index contributed by atoms with van der Waals surface area (Å²) >= 11 is 0. The Hall–Kier alpha value is -3.12. The monoisotopic (exact) mass is 421 g/mol. The van der Waals surface area contributed by atoms with E-state index < -0.39 is 27.5 Å². The third kappa shape index (κ3) is 4.71. The molecule has 0 saturated heterocycles. The molecule has 0 radical (unpaired) electrons. The quantitative estimate of drug-likeness (QED) is 0.625. The Morgan fingerprint density at radius 3 is 2.03 bits per heavy atom. The van der Waals surface area contributed by atoms with Crippen LogP contribution >= 0.6 is 0 Å². The Balaban J connectivity index is 1.42. The maximum absolute atomic E-state index is 12.6. The van der Waals surface area contributed by atoms with E-state index in [0.29, 0.717) is 24.3 Å². The molecule has 1 aliphatic heterocycles. The number of sulfone groups is 1. The van der Waals surface area contributed by atoms with Gasteiger partial charge in [-0.15, -0.1) is 0 Å². The third-order valence-corrected chi connectivity index (χ3v) is 6.71. The lowest BCUT2D eigenvalue weighted by molar-refractivity contribution is -0.119. The number of fused-ring (bicyclic) bond motifs is 2. The van der Waals surface area contributed by atoms with Crippen molar-refractivity contribution in [3.63, 3.8) is 0 Å². The van der Waals surface area contributed by atoms with Crippen molar-refractivity contribution >= 4 is 15.7 Å². The minimum absolute atomic E-state index is 0.0176. The number of hydrogen-bond donors (Lipinski definition) is 1. The fourth-order valence-electron chi connectivity index (χ4n) is 3.68. The van der Waals surface area contributed by atoms with E-state index in [1.165, 1.54) is 0 Å². The van der Waals surface area contributed by atoms with Gasteiger partial charge in [-0.25, -0.2) is 8.42 Å². The van der Waals surface area contributed by atoms with Gasteiger partial charge in [0.15, 0.2) is 9.84 Å². The van der Waals surface area contributed by atoms with E-state index >= 15 is 0 Å². The Morgan fingerprint density at radius 2 is 1.40 bits per heavy atom. The molecule has 4 rings (SSSR count). The number of carbonyl (C=O) groups is 1. The highest BCUT2D eigenvalue weighted by Gasteiger charge is 2.29. The standard InChI is InChI=1S/C24H23NO4S/c26-23(17-30(27,28)16-8-11-18-9-2-1-3-10-18)25-24-19-12-4-6-14-21(19)29-22-15-7-5-13-20(22)24/h1-7,9-10,12-15,24H,8,11,16-17H2,(H,25,26). The predicted octanol–water partition coefficient (Wildman–Crippen LogP) is 4.05. The first-order chi connectivity index (χ1) is 14.5. The van der Waals surface area contributed by atoms with E-state index in [2.05, 4.69) is 5.32 Å². The van der Waals surface area contributed by atoms with Gasteiger partial charge in [0.05, 0.1) is 11.8 Å².